The maximum absolute atomic E-state index is 9.23. The van der Waals surface area contributed by atoms with Crippen LogP contribution in [0.1, 0.15) is 6.92 Å². The van der Waals surface area contributed by atoms with Crippen LogP contribution in [0.15, 0.2) is 12.7 Å². The van der Waals surface area contributed by atoms with Gasteiger partial charge in [-0.25, -0.2) is 15.0 Å². The van der Waals surface area contributed by atoms with E-state index in [4.69, 9.17) is 5.73 Å². The van der Waals surface area contributed by atoms with E-state index in [0.717, 1.165) is 0 Å². The number of hydrogen-bond acceptors (Lipinski definition) is 5. The molecule has 1 atom stereocenters. The van der Waals surface area contributed by atoms with Crippen LogP contribution in [0.3, 0.4) is 0 Å². The quantitative estimate of drug-likeness (QED) is 0.624. The molecule has 2 rings (SSSR count). The highest BCUT2D eigenvalue weighted by Crippen LogP contribution is 2.14. The molecule has 78 valence electrons. The molecule has 0 bridgehead atoms. The van der Waals surface area contributed by atoms with Crippen molar-refractivity contribution in [2.75, 3.05) is 5.73 Å². The first kappa shape index (κ1) is 12.1. The zero-order valence-corrected chi connectivity index (χ0v) is 7.75. The maximum atomic E-state index is 9.23. The Morgan fingerprint density at radius 2 is 2.20 bits per heavy atom. The molecule has 1 unspecified atom stereocenters. The average molecular weight is 220 g/mol. The number of aliphatic hydroxyl groups excluding tert-OH is 1. The van der Waals surface area contributed by atoms with Crippen molar-refractivity contribution < 1.29 is 5.11 Å². The summed E-state index contributed by atoms with van der Waals surface area (Å²) in [4.78, 5) is 12.0. The van der Waals surface area contributed by atoms with Gasteiger partial charge in [0.2, 0.25) is 0 Å². The third-order valence-electron chi connectivity index (χ3n) is 1.89. The molecule has 3 N–H and O–H groups in total. The molecule has 0 fully saturated rings. The van der Waals surface area contributed by atoms with Gasteiger partial charge in [0, 0.05) is 0 Å². The molecule has 0 amide bonds. The number of nitrogens with two attached hydrogens (primary N) is 1. The molecule has 2 heterocycles. The Morgan fingerprint density at radius 1 is 1.47 bits per heavy atom. The van der Waals surface area contributed by atoms with Crippen LogP contribution in [-0.4, -0.2) is 53.8 Å². The third-order valence-corrected chi connectivity index (χ3v) is 1.89. The lowest BCUT2D eigenvalue weighted by Gasteiger charge is -2.05. The number of rotatable bonds is 2. The molecule has 7 heteroatoms. The van der Waals surface area contributed by atoms with E-state index < -0.39 is 6.10 Å². The number of imidazole rings is 1. The van der Waals surface area contributed by atoms with E-state index in [9.17, 15) is 5.11 Å². The Labute approximate surface area is 103 Å². The Kier molecular flexibility index (Phi) is 3.83. The van der Waals surface area contributed by atoms with Gasteiger partial charge in [-0.15, -0.1) is 0 Å². The number of fused-ring (bicyclic) bond motifs is 1. The smallest absolute Gasteiger partial charge is 0.316 e. The number of anilines is 1. The Bertz CT molecular complexity index is 455. The summed E-state index contributed by atoms with van der Waals surface area (Å²) in [6.45, 7) is 2.16. The molecule has 6 nitrogen and oxygen atoms in total. The zero-order valence-electron chi connectivity index (χ0n) is 7.75. The van der Waals surface area contributed by atoms with Crippen LogP contribution < -0.4 is 5.73 Å². The highest BCUT2D eigenvalue weighted by atomic mass is 24.3. The summed E-state index contributed by atoms with van der Waals surface area (Å²) < 4.78 is 1.75. The van der Waals surface area contributed by atoms with E-state index >= 15 is 0 Å². The van der Waals surface area contributed by atoms with Crippen molar-refractivity contribution in [3.8, 4) is 0 Å². The van der Waals surface area contributed by atoms with Crippen molar-refractivity contribution in [3.63, 3.8) is 0 Å². The fraction of sp³-hybridized carbons (Fsp3) is 0.375. The summed E-state index contributed by atoms with van der Waals surface area (Å²) in [7, 11) is 0. The summed E-state index contributed by atoms with van der Waals surface area (Å²) in [5.74, 6) is 0.361. The van der Waals surface area contributed by atoms with E-state index in [0.29, 0.717) is 23.5 Å². The van der Waals surface area contributed by atoms with Crippen molar-refractivity contribution >= 4 is 40.0 Å². The maximum Gasteiger partial charge on any atom is 0.316 e. The molecular formula is C8H13MgN5O. The minimum atomic E-state index is -0.441. The zero-order chi connectivity index (χ0) is 10.1. The van der Waals surface area contributed by atoms with Crippen LogP contribution in [0.5, 0.6) is 0 Å². The van der Waals surface area contributed by atoms with Crippen LogP contribution in [-0.2, 0) is 6.54 Å². The number of nitrogen functional groups attached to an aromatic ring is 1. The molecule has 0 saturated carbocycles. The van der Waals surface area contributed by atoms with Crippen LogP contribution >= 0.6 is 0 Å². The first-order valence-electron chi connectivity index (χ1n) is 4.28. The first-order valence-corrected chi connectivity index (χ1v) is 4.28. The molecular weight excluding hydrogens is 206 g/mol. The van der Waals surface area contributed by atoms with Crippen molar-refractivity contribution in [2.45, 2.75) is 19.6 Å². The van der Waals surface area contributed by atoms with Crippen LogP contribution in [0.2, 0.25) is 0 Å². The van der Waals surface area contributed by atoms with E-state index in [-0.39, 0.29) is 23.1 Å². The number of aromatic nitrogens is 4. The average Bonchev–Trinajstić information content (AvgIpc) is 2.49. The van der Waals surface area contributed by atoms with Crippen molar-refractivity contribution in [2.24, 2.45) is 0 Å². The summed E-state index contributed by atoms with van der Waals surface area (Å²) >= 11 is 0. The van der Waals surface area contributed by atoms with E-state index in [1.807, 2.05) is 0 Å². The third kappa shape index (κ3) is 2.36. The van der Waals surface area contributed by atoms with Gasteiger partial charge in [-0.1, -0.05) is 0 Å². The largest absolute Gasteiger partial charge is 0.392 e. The summed E-state index contributed by atoms with van der Waals surface area (Å²) in [6.07, 6.45) is 2.55. The lowest BCUT2D eigenvalue weighted by atomic mass is 10.4. The van der Waals surface area contributed by atoms with E-state index in [1.165, 1.54) is 6.33 Å². The Balaban J connectivity index is 0.00000112. The fourth-order valence-corrected chi connectivity index (χ4v) is 1.32. The topological polar surface area (TPSA) is 89.8 Å². The SMILES string of the molecule is CC(O)Cn1cnc2c(N)ncnc21.[MgH2]. The van der Waals surface area contributed by atoms with Gasteiger partial charge in [0.15, 0.2) is 11.5 Å². The second-order valence-electron chi connectivity index (χ2n) is 3.18. The van der Waals surface area contributed by atoms with Gasteiger partial charge >= 0.3 is 23.1 Å². The molecule has 0 aliphatic heterocycles. The molecule has 2 aromatic rings. The molecule has 0 aliphatic rings. The molecule has 15 heavy (non-hydrogen) atoms. The number of aliphatic hydroxyl groups is 1. The van der Waals surface area contributed by atoms with Crippen LogP contribution in [0, 0.1) is 0 Å². The molecule has 2 aromatic heterocycles. The van der Waals surface area contributed by atoms with E-state index in [1.54, 1.807) is 17.8 Å². The van der Waals surface area contributed by atoms with Crippen molar-refractivity contribution in [1.29, 1.82) is 0 Å². The van der Waals surface area contributed by atoms with Gasteiger partial charge in [0.25, 0.3) is 0 Å². The van der Waals surface area contributed by atoms with Gasteiger partial charge in [-0.2, -0.15) is 0 Å². The van der Waals surface area contributed by atoms with Gasteiger partial charge in [0.05, 0.1) is 19.0 Å². The molecule has 0 aromatic carbocycles. The van der Waals surface area contributed by atoms with Crippen molar-refractivity contribution in [3.05, 3.63) is 12.7 Å². The van der Waals surface area contributed by atoms with Gasteiger partial charge in [-0.05, 0) is 6.92 Å². The predicted octanol–water partition coefficient (Wildman–Crippen LogP) is -1.13. The number of nitrogens with zero attached hydrogens (tertiary/aromatic N) is 4. The first-order chi connectivity index (χ1) is 6.68. The summed E-state index contributed by atoms with van der Waals surface area (Å²) in [5.41, 5.74) is 6.84. The van der Waals surface area contributed by atoms with Crippen LogP contribution in [0.4, 0.5) is 5.82 Å². The second-order valence-corrected chi connectivity index (χ2v) is 3.18. The van der Waals surface area contributed by atoms with Gasteiger partial charge < -0.3 is 15.4 Å². The van der Waals surface area contributed by atoms with Crippen molar-refractivity contribution in [1.82, 2.24) is 19.5 Å². The lowest BCUT2D eigenvalue weighted by molar-refractivity contribution is 0.175. The normalized spacial score (nSPS) is 12.4. The summed E-state index contributed by atoms with van der Waals surface area (Å²) in [6, 6.07) is 0. The summed E-state index contributed by atoms with van der Waals surface area (Å²) in [5, 5.41) is 9.23. The minimum Gasteiger partial charge on any atom is -0.392 e. The second kappa shape index (κ2) is 4.73. The molecule has 0 spiro atoms. The van der Waals surface area contributed by atoms with Gasteiger partial charge in [-0.3, -0.25) is 0 Å². The highest BCUT2D eigenvalue weighted by molar-refractivity contribution is 5.81. The van der Waals surface area contributed by atoms with Gasteiger partial charge in [0.1, 0.15) is 11.8 Å². The molecule has 0 radical (unpaired) electrons. The fourth-order valence-electron chi connectivity index (χ4n) is 1.32. The Morgan fingerprint density at radius 3 is 2.87 bits per heavy atom. The standard InChI is InChI=1S/C8H11N5O.Mg.2H/c1-5(14)2-13-4-12-6-7(9)10-3-11-8(6)13;;;/h3-5,14H,2H2,1H3,(H2,9,10,11);;;. The number of hydrogen-bond donors (Lipinski definition) is 2. The molecule has 0 saturated heterocycles. The highest BCUT2D eigenvalue weighted by Gasteiger charge is 2.08. The Hall–Kier alpha value is -0.924. The lowest BCUT2D eigenvalue weighted by Crippen LogP contribution is -2.11. The molecule has 0 aliphatic carbocycles. The van der Waals surface area contributed by atoms with Crippen LogP contribution in [0.25, 0.3) is 11.2 Å². The predicted molar refractivity (Wildman–Crippen MR) is 60.0 cm³/mol. The minimum absolute atomic E-state index is 0. The monoisotopic (exact) mass is 219 g/mol. The van der Waals surface area contributed by atoms with E-state index in [2.05, 4.69) is 15.0 Å².